The van der Waals surface area contributed by atoms with Crippen LogP contribution in [-0.2, 0) is 6.54 Å². The Labute approximate surface area is 122 Å². The number of benzene rings is 2. The number of halogens is 1. The highest BCUT2D eigenvalue weighted by atomic mass is 19.1. The van der Waals surface area contributed by atoms with Crippen LogP contribution in [0.1, 0.15) is 6.92 Å². The number of nitrogens with zero attached hydrogens (tertiary/aromatic N) is 2. The summed E-state index contributed by atoms with van der Waals surface area (Å²) in [5.41, 5.74) is 8.43. The molecule has 21 heavy (non-hydrogen) atoms. The van der Waals surface area contributed by atoms with Gasteiger partial charge in [0.05, 0.1) is 23.8 Å². The summed E-state index contributed by atoms with van der Waals surface area (Å²) in [5.74, 6) is 1.11. The van der Waals surface area contributed by atoms with Gasteiger partial charge in [-0.1, -0.05) is 0 Å². The van der Waals surface area contributed by atoms with Gasteiger partial charge in [0, 0.05) is 18.2 Å². The summed E-state index contributed by atoms with van der Waals surface area (Å²) >= 11 is 0. The Kier molecular flexibility index (Phi) is 3.25. The van der Waals surface area contributed by atoms with Crippen molar-refractivity contribution in [2.75, 3.05) is 12.8 Å². The number of nitrogen functional groups attached to an aromatic ring is 1. The highest BCUT2D eigenvalue weighted by Gasteiger charge is 2.13. The second kappa shape index (κ2) is 5.09. The summed E-state index contributed by atoms with van der Waals surface area (Å²) in [4.78, 5) is 4.64. The van der Waals surface area contributed by atoms with Crippen molar-refractivity contribution in [2.24, 2.45) is 0 Å². The fourth-order valence-electron chi connectivity index (χ4n) is 2.46. The van der Waals surface area contributed by atoms with Crippen molar-refractivity contribution < 1.29 is 9.13 Å². The van der Waals surface area contributed by atoms with Gasteiger partial charge >= 0.3 is 0 Å². The molecule has 1 aromatic heterocycles. The third kappa shape index (κ3) is 2.20. The Bertz CT molecular complexity index is 811. The summed E-state index contributed by atoms with van der Waals surface area (Å²) in [6.07, 6.45) is 0. The molecule has 0 spiro atoms. The van der Waals surface area contributed by atoms with E-state index in [1.807, 2.05) is 25.1 Å². The highest BCUT2D eigenvalue weighted by Crippen LogP contribution is 2.28. The van der Waals surface area contributed by atoms with Gasteiger partial charge in [0.1, 0.15) is 17.4 Å². The average Bonchev–Trinajstić information content (AvgIpc) is 2.87. The van der Waals surface area contributed by atoms with Crippen LogP contribution in [0.4, 0.5) is 10.1 Å². The molecule has 108 valence electrons. The van der Waals surface area contributed by atoms with Crippen molar-refractivity contribution in [1.82, 2.24) is 9.55 Å². The molecule has 4 nitrogen and oxygen atoms in total. The zero-order valence-corrected chi connectivity index (χ0v) is 11.9. The maximum absolute atomic E-state index is 13.3. The largest absolute Gasteiger partial charge is 0.497 e. The smallest absolute Gasteiger partial charge is 0.146 e. The number of ether oxygens (including phenoxy) is 1. The number of fused-ring (bicyclic) bond motifs is 1. The second-order valence-corrected chi connectivity index (χ2v) is 4.77. The van der Waals surface area contributed by atoms with E-state index in [1.54, 1.807) is 19.2 Å². The molecule has 0 aliphatic carbocycles. The van der Waals surface area contributed by atoms with E-state index in [0.29, 0.717) is 0 Å². The van der Waals surface area contributed by atoms with Crippen LogP contribution in [0.3, 0.4) is 0 Å². The number of methoxy groups -OCH3 is 1. The molecule has 0 saturated carbocycles. The van der Waals surface area contributed by atoms with Gasteiger partial charge in [0.25, 0.3) is 0 Å². The van der Waals surface area contributed by atoms with Gasteiger partial charge in [-0.15, -0.1) is 0 Å². The van der Waals surface area contributed by atoms with Gasteiger partial charge in [0.2, 0.25) is 0 Å². The molecule has 0 bridgehead atoms. The standard InChI is InChI=1S/C16H16FN3O/c1-3-20-15-7-5-11(21-2)9-14(15)19-16(20)10-4-6-12(17)13(18)8-10/h4-9H,3,18H2,1-2H3. The van der Waals surface area contributed by atoms with Gasteiger partial charge in [-0.3, -0.25) is 0 Å². The van der Waals surface area contributed by atoms with E-state index in [2.05, 4.69) is 9.55 Å². The Morgan fingerprint density at radius 1 is 1.24 bits per heavy atom. The molecule has 0 amide bonds. The first kappa shape index (κ1) is 13.4. The molecular formula is C16H16FN3O. The van der Waals surface area contributed by atoms with E-state index >= 15 is 0 Å². The summed E-state index contributed by atoms with van der Waals surface area (Å²) < 4.78 is 20.6. The highest BCUT2D eigenvalue weighted by molar-refractivity contribution is 5.82. The van der Waals surface area contributed by atoms with Gasteiger partial charge in [-0.2, -0.15) is 0 Å². The molecule has 2 aromatic carbocycles. The van der Waals surface area contributed by atoms with Crippen LogP contribution in [0.15, 0.2) is 36.4 Å². The van der Waals surface area contributed by atoms with E-state index in [9.17, 15) is 4.39 Å². The monoisotopic (exact) mass is 285 g/mol. The van der Waals surface area contributed by atoms with Gasteiger partial charge in [-0.25, -0.2) is 9.37 Å². The predicted molar refractivity (Wildman–Crippen MR) is 81.8 cm³/mol. The normalized spacial score (nSPS) is 11.0. The molecule has 0 radical (unpaired) electrons. The van der Waals surface area contributed by atoms with Crippen LogP contribution >= 0.6 is 0 Å². The molecule has 3 rings (SSSR count). The maximum Gasteiger partial charge on any atom is 0.146 e. The SMILES string of the molecule is CCn1c(-c2ccc(F)c(N)c2)nc2cc(OC)ccc21. The molecular weight excluding hydrogens is 269 g/mol. The first-order chi connectivity index (χ1) is 10.1. The summed E-state index contributed by atoms with van der Waals surface area (Å²) in [7, 11) is 1.62. The predicted octanol–water partition coefficient (Wildman–Crippen LogP) is 3.45. The molecule has 0 unspecified atom stereocenters. The van der Waals surface area contributed by atoms with E-state index in [4.69, 9.17) is 10.5 Å². The summed E-state index contributed by atoms with van der Waals surface area (Å²) in [6.45, 7) is 2.80. The number of rotatable bonds is 3. The molecule has 1 heterocycles. The third-order valence-corrected chi connectivity index (χ3v) is 3.53. The van der Waals surface area contributed by atoms with E-state index in [0.717, 1.165) is 34.7 Å². The molecule has 3 aromatic rings. The van der Waals surface area contributed by atoms with E-state index in [1.165, 1.54) is 6.07 Å². The van der Waals surface area contributed by atoms with E-state index < -0.39 is 5.82 Å². The molecule has 0 fully saturated rings. The van der Waals surface area contributed by atoms with Crippen molar-refractivity contribution in [2.45, 2.75) is 13.5 Å². The number of hydrogen-bond donors (Lipinski definition) is 1. The third-order valence-electron chi connectivity index (χ3n) is 3.53. The van der Waals surface area contributed by atoms with Crippen LogP contribution in [0.2, 0.25) is 0 Å². The first-order valence-corrected chi connectivity index (χ1v) is 6.73. The quantitative estimate of drug-likeness (QED) is 0.750. The zero-order valence-electron chi connectivity index (χ0n) is 11.9. The summed E-state index contributed by atoms with van der Waals surface area (Å²) in [5, 5.41) is 0. The molecule has 5 heteroatoms. The molecule has 2 N–H and O–H groups in total. The molecule has 0 atom stereocenters. The van der Waals surface area contributed by atoms with Crippen LogP contribution in [-0.4, -0.2) is 16.7 Å². The summed E-state index contributed by atoms with van der Waals surface area (Å²) in [6, 6.07) is 10.4. The minimum absolute atomic E-state index is 0.125. The van der Waals surface area contributed by atoms with Crippen molar-refractivity contribution in [3.05, 3.63) is 42.2 Å². The van der Waals surface area contributed by atoms with Gasteiger partial charge < -0.3 is 15.0 Å². The fourth-order valence-corrected chi connectivity index (χ4v) is 2.46. The van der Waals surface area contributed by atoms with Crippen molar-refractivity contribution >= 4 is 16.7 Å². The fraction of sp³-hybridized carbons (Fsp3) is 0.188. The van der Waals surface area contributed by atoms with Crippen LogP contribution in [0.5, 0.6) is 5.75 Å². The van der Waals surface area contributed by atoms with E-state index in [-0.39, 0.29) is 5.69 Å². The Morgan fingerprint density at radius 2 is 2.05 bits per heavy atom. The lowest BCUT2D eigenvalue weighted by Gasteiger charge is -2.07. The Morgan fingerprint density at radius 3 is 2.71 bits per heavy atom. The van der Waals surface area contributed by atoms with Crippen LogP contribution in [0, 0.1) is 5.82 Å². The zero-order chi connectivity index (χ0) is 15.0. The lowest BCUT2D eigenvalue weighted by Crippen LogP contribution is -1.99. The van der Waals surface area contributed by atoms with Crippen molar-refractivity contribution in [1.29, 1.82) is 0 Å². The lowest BCUT2D eigenvalue weighted by molar-refractivity contribution is 0.415. The average molecular weight is 285 g/mol. The number of nitrogens with two attached hydrogens (primary N) is 1. The number of aromatic nitrogens is 2. The van der Waals surface area contributed by atoms with Crippen LogP contribution < -0.4 is 10.5 Å². The van der Waals surface area contributed by atoms with Crippen molar-refractivity contribution in [3.8, 4) is 17.1 Å². The molecule has 0 aliphatic heterocycles. The van der Waals surface area contributed by atoms with Gasteiger partial charge in [0.15, 0.2) is 0 Å². The minimum Gasteiger partial charge on any atom is -0.497 e. The number of aryl methyl sites for hydroxylation is 1. The second-order valence-electron chi connectivity index (χ2n) is 4.77. The van der Waals surface area contributed by atoms with Crippen molar-refractivity contribution in [3.63, 3.8) is 0 Å². The number of hydrogen-bond acceptors (Lipinski definition) is 3. The van der Waals surface area contributed by atoms with Gasteiger partial charge in [-0.05, 0) is 37.3 Å². The molecule has 0 saturated heterocycles. The van der Waals surface area contributed by atoms with Crippen LogP contribution in [0.25, 0.3) is 22.4 Å². The Balaban J connectivity index is 2.23. The Hall–Kier alpha value is -2.56. The topological polar surface area (TPSA) is 53.1 Å². The number of imidazole rings is 1. The lowest BCUT2D eigenvalue weighted by atomic mass is 10.2. The first-order valence-electron chi connectivity index (χ1n) is 6.73. The number of anilines is 1. The molecule has 0 aliphatic rings. The minimum atomic E-state index is -0.417. The maximum atomic E-state index is 13.3.